The van der Waals surface area contributed by atoms with Crippen molar-refractivity contribution in [1.29, 1.82) is 0 Å². The zero-order valence-electron chi connectivity index (χ0n) is 17.0. The zero-order chi connectivity index (χ0) is 20.0. The van der Waals surface area contributed by atoms with Crippen LogP contribution < -0.4 is 0 Å². The Morgan fingerprint density at radius 1 is 1.19 bits per heavy atom. The lowest BCUT2D eigenvalue weighted by Gasteiger charge is -2.54. The molecule has 1 saturated heterocycles. The number of amides is 1. The largest absolute Gasteiger partial charge is 0.444 e. The molecule has 146 valence electrons. The van der Waals surface area contributed by atoms with Gasteiger partial charge in [-0.3, -0.25) is 0 Å². The minimum atomic E-state index is -2.35. The van der Waals surface area contributed by atoms with Crippen molar-refractivity contribution in [3.8, 4) is 0 Å². The lowest BCUT2D eigenvalue weighted by molar-refractivity contribution is -0.0143. The monoisotopic (exact) mass is 441 g/mol. The predicted molar refractivity (Wildman–Crippen MR) is 112 cm³/mol. The minimum Gasteiger partial charge on any atom is -0.444 e. The van der Waals surface area contributed by atoms with Gasteiger partial charge in [-0.05, 0) is 63.0 Å². The van der Waals surface area contributed by atoms with E-state index in [1.807, 2.05) is 46.0 Å². The zero-order valence-corrected chi connectivity index (χ0v) is 19.6. The molecule has 1 N–H and O–H groups in total. The second-order valence-corrected chi connectivity index (χ2v) is 15.1. The third-order valence-corrected chi connectivity index (χ3v) is 9.55. The molecule has 1 aliphatic rings. The van der Waals surface area contributed by atoms with Crippen LogP contribution in [0.5, 0.6) is 0 Å². The molecule has 1 amide bonds. The Morgan fingerprint density at radius 3 is 2.12 bits per heavy atom. The standard InChI is InChI=1S/C20H32BrNO3Si/c1-18(2,3)25-17(23)22-13-20(14-22,12-19(4,5)26(6,7)24)15-8-10-16(21)11-9-15/h8-11,24H,12-14H2,1-7H3. The average molecular weight is 442 g/mol. The highest BCUT2D eigenvalue weighted by Crippen LogP contribution is 2.50. The number of rotatable bonds is 4. The van der Waals surface area contributed by atoms with Crippen LogP contribution in [0.2, 0.25) is 18.1 Å². The Balaban J connectivity index is 2.26. The van der Waals surface area contributed by atoms with Crippen molar-refractivity contribution >= 4 is 30.3 Å². The highest BCUT2D eigenvalue weighted by atomic mass is 79.9. The third-order valence-electron chi connectivity index (χ3n) is 5.53. The first-order valence-electron chi connectivity index (χ1n) is 9.12. The van der Waals surface area contributed by atoms with Crippen LogP contribution in [0.4, 0.5) is 4.79 Å². The van der Waals surface area contributed by atoms with E-state index in [9.17, 15) is 9.59 Å². The van der Waals surface area contributed by atoms with Gasteiger partial charge in [-0.2, -0.15) is 0 Å². The second-order valence-electron chi connectivity index (χ2n) is 9.74. The summed E-state index contributed by atoms with van der Waals surface area (Å²) in [5, 5.41) is -0.167. The maximum absolute atomic E-state index is 12.4. The van der Waals surface area contributed by atoms with E-state index in [1.165, 1.54) is 5.56 Å². The van der Waals surface area contributed by atoms with Crippen molar-refractivity contribution < 1.29 is 14.3 Å². The first-order chi connectivity index (χ1) is 11.7. The van der Waals surface area contributed by atoms with Gasteiger partial charge >= 0.3 is 6.09 Å². The summed E-state index contributed by atoms with van der Waals surface area (Å²) in [5.41, 5.74) is 0.576. The van der Waals surface area contributed by atoms with Gasteiger partial charge in [0.15, 0.2) is 8.32 Å². The Kier molecular flexibility index (Phi) is 5.73. The van der Waals surface area contributed by atoms with Crippen LogP contribution in [0, 0.1) is 0 Å². The third kappa shape index (κ3) is 4.70. The predicted octanol–water partition coefficient (Wildman–Crippen LogP) is 5.31. The van der Waals surface area contributed by atoms with Gasteiger partial charge in [-0.1, -0.05) is 41.9 Å². The molecule has 1 fully saturated rings. The van der Waals surface area contributed by atoms with Crippen molar-refractivity contribution in [1.82, 2.24) is 4.90 Å². The molecule has 1 aliphatic heterocycles. The Morgan fingerprint density at radius 2 is 1.69 bits per heavy atom. The molecule has 0 spiro atoms. The highest BCUT2D eigenvalue weighted by Gasteiger charge is 2.53. The van der Waals surface area contributed by atoms with E-state index in [-0.39, 0.29) is 16.5 Å². The topological polar surface area (TPSA) is 49.8 Å². The van der Waals surface area contributed by atoms with Crippen LogP contribution in [0.15, 0.2) is 28.7 Å². The van der Waals surface area contributed by atoms with Gasteiger partial charge < -0.3 is 14.4 Å². The number of benzene rings is 1. The summed E-state index contributed by atoms with van der Waals surface area (Å²) in [7, 11) is -2.35. The highest BCUT2D eigenvalue weighted by molar-refractivity contribution is 9.10. The smallest absolute Gasteiger partial charge is 0.410 e. The van der Waals surface area contributed by atoms with Crippen molar-refractivity contribution in [2.75, 3.05) is 13.1 Å². The summed E-state index contributed by atoms with van der Waals surface area (Å²) in [4.78, 5) is 25.0. The van der Waals surface area contributed by atoms with Gasteiger partial charge in [0.05, 0.1) is 0 Å². The van der Waals surface area contributed by atoms with Crippen LogP contribution in [0.1, 0.15) is 46.6 Å². The van der Waals surface area contributed by atoms with Gasteiger partial charge in [0.25, 0.3) is 0 Å². The van der Waals surface area contributed by atoms with Gasteiger partial charge in [0.2, 0.25) is 0 Å². The van der Waals surface area contributed by atoms with E-state index < -0.39 is 13.9 Å². The maximum Gasteiger partial charge on any atom is 0.410 e. The van der Waals surface area contributed by atoms with E-state index >= 15 is 0 Å². The summed E-state index contributed by atoms with van der Waals surface area (Å²) in [6, 6.07) is 8.33. The molecule has 0 atom stereocenters. The summed E-state index contributed by atoms with van der Waals surface area (Å²) in [6.45, 7) is 15.2. The van der Waals surface area contributed by atoms with E-state index in [0.29, 0.717) is 13.1 Å². The molecule has 6 heteroatoms. The summed E-state index contributed by atoms with van der Waals surface area (Å²) < 4.78 is 6.56. The minimum absolute atomic E-state index is 0.145. The van der Waals surface area contributed by atoms with Crippen molar-refractivity contribution in [3.63, 3.8) is 0 Å². The molecule has 4 nitrogen and oxygen atoms in total. The SMILES string of the molecule is CC(C)(C)OC(=O)N1CC(CC(C)(C)[Si](C)(C)O)(c2ccc(Br)cc2)C1. The summed E-state index contributed by atoms with van der Waals surface area (Å²) >= 11 is 3.50. The molecule has 26 heavy (non-hydrogen) atoms. The number of ether oxygens (including phenoxy) is 1. The molecular weight excluding hydrogens is 410 g/mol. The summed E-state index contributed by atoms with van der Waals surface area (Å²) in [5.74, 6) is 0. The molecule has 1 heterocycles. The second kappa shape index (κ2) is 6.95. The van der Waals surface area contributed by atoms with Gasteiger partial charge in [-0.15, -0.1) is 0 Å². The molecule has 2 rings (SSSR count). The number of halogens is 1. The van der Waals surface area contributed by atoms with Crippen LogP contribution in [0.25, 0.3) is 0 Å². The number of hydrogen-bond donors (Lipinski definition) is 1. The number of carbonyl (C=O) groups is 1. The first kappa shape index (κ1) is 21.4. The number of nitrogens with zero attached hydrogens (tertiary/aromatic N) is 1. The molecule has 1 aromatic carbocycles. The lowest BCUT2D eigenvalue weighted by atomic mass is 9.68. The van der Waals surface area contributed by atoms with E-state index in [1.54, 1.807) is 4.90 Å². The van der Waals surface area contributed by atoms with Crippen LogP contribution in [-0.4, -0.2) is 42.8 Å². The Labute approximate surface area is 167 Å². The number of hydrogen-bond acceptors (Lipinski definition) is 3. The van der Waals surface area contributed by atoms with E-state index in [0.717, 1.165) is 10.9 Å². The Bertz CT molecular complexity index is 653. The van der Waals surface area contributed by atoms with E-state index in [4.69, 9.17) is 4.74 Å². The fraction of sp³-hybridized carbons (Fsp3) is 0.650. The molecule has 0 aliphatic carbocycles. The number of likely N-dealkylation sites (tertiary alicyclic amines) is 1. The molecule has 0 saturated carbocycles. The molecule has 0 aromatic heterocycles. The number of carbonyl (C=O) groups excluding carboxylic acids is 1. The van der Waals surface area contributed by atoms with Crippen LogP contribution in [-0.2, 0) is 10.2 Å². The maximum atomic E-state index is 12.4. The molecular formula is C20H32BrNO3Si. The fourth-order valence-electron chi connectivity index (χ4n) is 3.40. The fourth-order valence-corrected chi connectivity index (χ4v) is 4.44. The van der Waals surface area contributed by atoms with Gasteiger partial charge in [0, 0.05) is 23.0 Å². The molecule has 0 radical (unpaired) electrons. The summed E-state index contributed by atoms with van der Waals surface area (Å²) in [6.07, 6.45) is 0.583. The normalized spacial score (nSPS) is 17.7. The van der Waals surface area contributed by atoms with Gasteiger partial charge in [0.1, 0.15) is 5.60 Å². The quantitative estimate of drug-likeness (QED) is 0.644. The van der Waals surface area contributed by atoms with Crippen LogP contribution >= 0.6 is 15.9 Å². The van der Waals surface area contributed by atoms with Crippen molar-refractivity contribution in [2.24, 2.45) is 0 Å². The molecule has 1 aromatic rings. The first-order valence-corrected chi connectivity index (χ1v) is 12.9. The molecule has 0 unspecified atom stereocenters. The van der Waals surface area contributed by atoms with E-state index in [2.05, 4.69) is 41.9 Å². The Hall–Kier alpha value is -0.853. The van der Waals surface area contributed by atoms with Crippen LogP contribution in [0.3, 0.4) is 0 Å². The molecule has 0 bridgehead atoms. The van der Waals surface area contributed by atoms with Crippen molar-refractivity contribution in [3.05, 3.63) is 34.3 Å². The lowest BCUT2D eigenvalue weighted by Crippen LogP contribution is -2.63. The van der Waals surface area contributed by atoms with Gasteiger partial charge in [-0.25, -0.2) is 4.79 Å². The van der Waals surface area contributed by atoms with Crippen molar-refractivity contribution in [2.45, 2.75) is 70.2 Å². The average Bonchev–Trinajstić information content (AvgIpc) is 2.40.